The Morgan fingerprint density at radius 1 is 1.58 bits per heavy atom. The number of piperidine rings is 1. The van der Waals surface area contributed by atoms with Gasteiger partial charge in [-0.05, 0) is 19.4 Å². The van der Waals surface area contributed by atoms with Crippen LogP contribution in [0.4, 0.5) is 0 Å². The molecule has 1 atom stereocenters. The van der Waals surface area contributed by atoms with Crippen molar-refractivity contribution < 1.29 is 14.7 Å². The zero-order valence-corrected chi connectivity index (χ0v) is 10.5. The van der Waals surface area contributed by atoms with Gasteiger partial charge in [0.15, 0.2) is 5.69 Å². The van der Waals surface area contributed by atoms with Gasteiger partial charge in [0.05, 0.1) is 18.7 Å². The second kappa shape index (κ2) is 6.28. The molecule has 1 saturated heterocycles. The van der Waals surface area contributed by atoms with Gasteiger partial charge in [0, 0.05) is 13.1 Å². The van der Waals surface area contributed by atoms with Gasteiger partial charge >= 0.3 is 5.97 Å². The van der Waals surface area contributed by atoms with Crippen LogP contribution in [0.5, 0.6) is 0 Å². The number of carboxylic acid groups (broad SMARTS) is 1. The maximum Gasteiger partial charge on any atom is 0.358 e. The summed E-state index contributed by atoms with van der Waals surface area (Å²) in [6.45, 7) is 2.52. The molecule has 1 fully saturated rings. The van der Waals surface area contributed by atoms with Crippen molar-refractivity contribution >= 4 is 11.9 Å². The predicted molar refractivity (Wildman–Crippen MR) is 65.6 cm³/mol. The molecule has 0 bridgehead atoms. The highest BCUT2D eigenvalue weighted by atomic mass is 16.4. The van der Waals surface area contributed by atoms with Crippen molar-refractivity contribution in [2.24, 2.45) is 5.92 Å². The van der Waals surface area contributed by atoms with Gasteiger partial charge in [-0.1, -0.05) is 5.21 Å². The second-order valence-electron chi connectivity index (χ2n) is 4.51. The Balaban J connectivity index is 1.73. The van der Waals surface area contributed by atoms with E-state index in [9.17, 15) is 9.59 Å². The number of aromatic nitrogens is 3. The monoisotopic (exact) mass is 267 g/mol. The Bertz CT molecular complexity index is 453. The van der Waals surface area contributed by atoms with E-state index >= 15 is 0 Å². The highest BCUT2D eigenvalue weighted by Crippen LogP contribution is 2.09. The van der Waals surface area contributed by atoms with E-state index in [1.165, 1.54) is 10.9 Å². The third kappa shape index (κ3) is 3.75. The van der Waals surface area contributed by atoms with Crippen LogP contribution in [0.3, 0.4) is 0 Å². The van der Waals surface area contributed by atoms with Crippen LogP contribution in [0.25, 0.3) is 0 Å². The van der Waals surface area contributed by atoms with Gasteiger partial charge in [0.1, 0.15) is 0 Å². The lowest BCUT2D eigenvalue weighted by Crippen LogP contribution is -2.41. The molecule has 2 rings (SSSR count). The number of hydrogen-bond acceptors (Lipinski definition) is 5. The Hall–Kier alpha value is -1.96. The zero-order chi connectivity index (χ0) is 13.7. The minimum Gasteiger partial charge on any atom is -0.476 e. The van der Waals surface area contributed by atoms with E-state index < -0.39 is 5.97 Å². The van der Waals surface area contributed by atoms with Crippen LogP contribution in [0.15, 0.2) is 6.20 Å². The van der Waals surface area contributed by atoms with E-state index in [1.54, 1.807) is 0 Å². The van der Waals surface area contributed by atoms with E-state index in [4.69, 9.17) is 5.11 Å². The molecule has 8 nitrogen and oxygen atoms in total. The van der Waals surface area contributed by atoms with Crippen LogP contribution < -0.4 is 10.6 Å². The van der Waals surface area contributed by atoms with Gasteiger partial charge in [-0.2, -0.15) is 0 Å². The Labute approximate surface area is 110 Å². The number of hydrogen-bond donors (Lipinski definition) is 3. The minimum absolute atomic E-state index is 0.0269. The first kappa shape index (κ1) is 13.5. The number of nitrogens with zero attached hydrogens (tertiary/aromatic N) is 3. The van der Waals surface area contributed by atoms with Crippen molar-refractivity contribution in [3.8, 4) is 0 Å². The summed E-state index contributed by atoms with van der Waals surface area (Å²) in [5.41, 5.74) is -0.0946. The van der Waals surface area contributed by atoms with Crippen LogP contribution >= 0.6 is 0 Å². The zero-order valence-electron chi connectivity index (χ0n) is 10.5. The molecule has 1 aromatic heterocycles. The van der Waals surface area contributed by atoms with Crippen LogP contribution in [0.1, 0.15) is 23.3 Å². The van der Waals surface area contributed by atoms with E-state index in [-0.39, 0.29) is 17.5 Å². The molecule has 1 aliphatic rings. The molecule has 0 aliphatic carbocycles. The van der Waals surface area contributed by atoms with Crippen molar-refractivity contribution in [1.29, 1.82) is 0 Å². The largest absolute Gasteiger partial charge is 0.476 e. The van der Waals surface area contributed by atoms with E-state index in [1.807, 2.05) is 0 Å². The van der Waals surface area contributed by atoms with Crippen LogP contribution in [-0.4, -0.2) is 51.6 Å². The van der Waals surface area contributed by atoms with Gasteiger partial charge in [0.25, 0.3) is 0 Å². The molecule has 0 saturated carbocycles. The summed E-state index contributed by atoms with van der Waals surface area (Å²) < 4.78 is 1.41. The van der Waals surface area contributed by atoms with Gasteiger partial charge in [-0.25, -0.2) is 9.48 Å². The molecule has 8 heteroatoms. The molecule has 0 aromatic carbocycles. The smallest absolute Gasteiger partial charge is 0.358 e. The standard InChI is InChI=1S/C11H17N5O3/c17-10(8-2-1-3-12-6-8)13-4-5-16-7-9(11(18)19)14-15-16/h7-8,12H,1-6H2,(H,13,17)(H,18,19)/t8-/m0/s1. The number of carbonyl (C=O) groups excluding carboxylic acids is 1. The molecule has 0 spiro atoms. The number of nitrogens with one attached hydrogen (secondary N) is 2. The maximum absolute atomic E-state index is 11.8. The molecule has 3 N–H and O–H groups in total. The first-order chi connectivity index (χ1) is 9.16. The molecule has 1 amide bonds. The number of carbonyl (C=O) groups is 2. The third-order valence-corrected chi connectivity index (χ3v) is 3.07. The molecule has 1 aromatic rings. The fourth-order valence-corrected chi connectivity index (χ4v) is 2.02. The highest BCUT2D eigenvalue weighted by molar-refractivity contribution is 5.84. The lowest BCUT2D eigenvalue weighted by Gasteiger charge is -2.21. The Morgan fingerprint density at radius 2 is 2.42 bits per heavy atom. The second-order valence-corrected chi connectivity index (χ2v) is 4.51. The first-order valence-electron chi connectivity index (χ1n) is 6.28. The van der Waals surface area contributed by atoms with E-state index in [2.05, 4.69) is 20.9 Å². The fourth-order valence-electron chi connectivity index (χ4n) is 2.02. The Morgan fingerprint density at radius 3 is 3.05 bits per heavy atom. The molecule has 0 unspecified atom stereocenters. The Kier molecular flexibility index (Phi) is 4.45. The predicted octanol–water partition coefficient (Wildman–Crippen LogP) is -0.908. The molecular weight excluding hydrogens is 250 g/mol. The summed E-state index contributed by atoms with van der Waals surface area (Å²) in [5, 5.41) is 21.9. The summed E-state index contributed by atoms with van der Waals surface area (Å²) in [6.07, 6.45) is 3.27. The summed E-state index contributed by atoms with van der Waals surface area (Å²) >= 11 is 0. The summed E-state index contributed by atoms with van der Waals surface area (Å²) in [4.78, 5) is 22.4. The molecule has 1 aliphatic heterocycles. The van der Waals surface area contributed by atoms with Crippen LogP contribution in [-0.2, 0) is 11.3 Å². The number of rotatable bonds is 5. The molecule has 19 heavy (non-hydrogen) atoms. The minimum atomic E-state index is -1.11. The summed E-state index contributed by atoms with van der Waals surface area (Å²) in [7, 11) is 0. The van der Waals surface area contributed by atoms with Crippen LogP contribution in [0, 0.1) is 5.92 Å². The number of carboxylic acids is 1. The topological polar surface area (TPSA) is 109 Å². The van der Waals surface area contributed by atoms with Crippen LogP contribution in [0.2, 0.25) is 0 Å². The first-order valence-corrected chi connectivity index (χ1v) is 6.28. The van der Waals surface area contributed by atoms with Crippen molar-refractivity contribution in [1.82, 2.24) is 25.6 Å². The molecular formula is C11H17N5O3. The summed E-state index contributed by atoms with van der Waals surface area (Å²) in [6, 6.07) is 0. The van der Waals surface area contributed by atoms with E-state index in [0.29, 0.717) is 13.1 Å². The van der Waals surface area contributed by atoms with Crippen molar-refractivity contribution in [3.05, 3.63) is 11.9 Å². The normalized spacial score (nSPS) is 19.1. The van der Waals surface area contributed by atoms with Crippen molar-refractivity contribution in [2.45, 2.75) is 19.4 Å². The lowest BCUT2D eigenvalue weighted by molar-refractivity contribution is -0.125. The third-order valence-electron chi connectivity index (χ3n) is 3.07. The average Bonchev–Trinajstić information content (AvgIpc) is 2.89. The quantitative estimate of drug-likeness (QED) is 0.637. The summed E-state index contributed by atoms with van der Waals surface area (Å²) in [5.74, 6) is -1.05. The molecule has 2 heterocycles. The lowest BCUT2D eigenvalue weighted by atomic mass is 9.99. The van der Waals surface area contributed by atoms with Gasteiger partial charge < -0.3 is 15.7 Å². The maximum atomic E-state index is 11.8. The highest BCUT2D eigenvalue weighted by Gasteiger charge is 2.20. The molecule has 0 radical (unpaired) electrons. The van der Waals surface area contributed by atoms with Gasteiger partial charge in [-0.3, -0.25) is 4.79 Å². The fraction of sp³-hybridized carbons (Fsp3) is 0.636. The van der Waals surface area contributed by atoms with E-state index in [0.717, 1.165) is 25.9 Å². The SMILES string of the molecule is O=C(O)c1cn(CCNC(=O)[C@H]2CCCNC2)nn1. The number of amides is 1. The van der Waals surface area contributed by atoms with Gasteiger partial charge in [0.2, 0.25) is 5.91 Å². The molecule has 104 valence electrons. The number of aromatic carboxylic acids is 1. The average molecular weight is 267 g/mol. The van der Waals surface area contributed by atoms with Crippen molar-refractivity contribution in [2.75, 3.05) is 19.6 Å². The van der Waals surface area contributed by atoms with Gasteiger partial charge in [-0.15, -0.1) is 5.10 Å². The van der Waals surface area contributed by atoms with Crippen molar-refractivity contribution in [3.63, 3.8) is 0 Å².